The Hall–Kier alpha value is -2.35. The van der Waals surface area contributed by atoms with E-state index in [-0.39, 0.29) is 5.82 Å². The number of halogens is 1. The molecule has 2 aromatic rings. The molecule has 8 heteroatoms. The van der Waals surface area contributed by atoms with Crippen LogP contribution in [-0.2, 0) is 6.54 Å². The minimum absolute atomic E-state index is 0.268. The molecule has 26 heavy (non-hydrogen) atoms. The van der Waals surface area contributed by atoms with Crippen molar-refractivity contribution in [1.82, 2.24) is 15.2 Å². The number of ether oxygens (including phenoxy) is 1. The largest absolute Gasteiger partial charge is 0.492 e. The van der Waals surface area contributed by atoms with E-state index in [9.17, 15) is 4.39 Å². The van der Waals surface area contributed by atoms with E-state index in [4.69, 9.17) is 4.74 Å². The highest BCUT2D eigenvalue weighted by molar-refractivity contribution is 7.13. The van der Waals surface area contributed by atoms with Crippen LogP contribution in [-0.4, -0.2) is 56.7 Å². The van der Waals surface area contributed by atoms with Crippen LogP contribution in [0.5, 0.6) is 5.75 Å². The number of nitrogens with zero attached hydrogens (tertiary/aromatic N) is 4. The fourth-order valence-electron chi connectivity index (χ4n) is 2.14. The van der Waals surface area contributed by atoms with E-state index >= 15 is 0 Å². The van der Waals surface area contributed by atoms with E-state index in [1.807, 2.05) is 43.2 Å². The van der Waals surface area contributed by atoms with Crippen molar-refractivity contribution in [1.29, 1.82) is 0 Å². The second kappa shape index (κ2) is 9.96. The maximum atomic E-state index is 12.9. The van der Waals surface area contributed by atoms with Crippen LogP contribution in [0.4, 0.5) is 9.52 Å². The first-order valence-electron chi connectivity index (χ1n) is 8.49. The van der Waals surface area contributed by atoms with Gasteiger partial charge in [-0.3, -0.25) is 0 Å². The van der Waals surface area contributed by atoms with Gasteiger partial charge >= 0.3 is 0 Å². The molecule has 6 nitrogen and oxygen atoms in total. The molecule has 0 radical (unpaired) electrons. The number of hydrogen-bond donors (Lipinski definition) is 1. The number of hydrogen-bond acceptors (Lipinski definition) is 5. The normalized spacial score (nSPS) is 11.3. The summed E-state index contributed by atoms with van der Waals surface area (Å²) in [6, 6.07) is 6.03. The van der Waals surface area contributed by atoms with Crippen LogP contribution in [0.1, 0.15) is 12.6 Å². The first-order chi connectivity index (χ1) is 12.5. The summed E-state index contributed by atoms with van der Waals surface area (Å²) in [5.74, 6) is 1.19. The highest BCUT2D eigenvalue weighted by atomic mass is 32.1. The third-order valence-corrected chi connectivity index (χ3v) is 4.58. The SMILES string of the molecule is CCNC(=NCc1csc(N(C)C)n1)N(C)CCOc1ccc(F)cc1. The van der Waals surface area contributed by atoms with Gasteiger partial charge in [0.25, 0.3) is 0 Å². The van der Waals surface area contributed by atoms with Gasteiger partial charge in [0.2, 0.25) is 0 Å². The van der Waals surface area contributed by atoms with Gasteiger partial charge in [-0.2, -0.15) is 0 Å². The molecule has 0 spiro atoms. The maximum absolute atomic E-state index is 12.9. The lowest BCUT2D eigenvalue weighted by atomic mass is 10.3. The van der Waals surface area contributed by atoms with Crippen molar-refractivity contribution in [2.75, 3.05) is 45.7 Å². The quantitative estimate of drug-likeness (QED) is 0.565. The molecule has 0 aliphatic carbocycles. The van der Waals surface area contributed by atoms with Crippen molar-refractivity contribution in [2.24, 2.45) is 4.99 Å². The standard InChI is InChI=1S/C18H26FN5OS/c1-5-20-17(21-12-15-13-26-18(22-15)23(2)3)24(4)10-11-25-16-8-6-14(19)7-9-16/h6-9,13H,5,10-12H2,1-4H3,(H,20,21). The molecular formula is C18H26FN5OS. The highest BCUT2D eigenvalue weighted by Crippen LogP contribution is 2.18. The van der Waals surface area contributed by atoms with E-state index < -0.39 is 0 Å². The Morgan fingerprint density at radius 1 is 1.27 bits per heavy atom. The molecule has 0 saturated heterocycles. The van der Waals surface area contributed by atoms with E-state index in [2.05, 4.69) is 15.3 Å². The van der Waals surface area contributed by atoms with Crippen molar-refractivity contribution >= 4 is 22.4 Å². The Kier molecular flexibility index (Phi) is 7.65. The molecular weight excluding hydrogens is 353 g/mol. The van der Waals surface area contributed by atoms with Gasteiger partial charge < -0.3 is 19.9 Å². The second-order valence-corrected chi connectivity index (χ2v) is 6.75. The summed E-state index contributed by atoms with van der Waals surface area (Å²) in [7, 11) is 5.91. The molecule has 1 heterocycles. The molecule has 1 N–H and O–H groups in total. The number of thiazole rings is 1. The molecule has 2 rings (SSSR count). The van der Waals surface area contributed by atoms with Crippen LogP contribution in [0.15, 0.2) is 34.6 Å². The molecule has 142 valence electrons. The molecule has 1 aromatic carbocycles. The first kappa shape index (κ1) is 20.0. The van der Waals surface area contributed by atoms with Gasteiger partial charge in [0.1, 0.15) is 18.2 Å². The smallest absolute Gasteiger partial charge is 0.194 e. The highest BCUT2D eigenvalue weighted by Gasteiger charge is 2.08. The van der Waals surface area contributed by atoms with Gasteiger partial charge in [-0.05, 0) is 31.2 Å². The Balaban J connectivity index is 1.88. The van der Waals surface area contributed by atoms with E-state index in [0.717, 1.165) is 23.3 Å². The number of benzene rings is 1. The fraction of sp³-hybridized carbons (Fsp3) is 0.444. The third kappa shape index (κ3) is 6.18. The molecule has 0 aliphatic rings. The number of aromatic nitrogens is 1. The summed E-state index contributed by atoms with van der Waals surface area (Å²) < 4.78 is 18.5. The van der Waals surface area contributed by atoms with Gasteiger partial charge in [-0.1, -0.05) is 0 Å². The zero-order valence-corrected chi connectivity index (χ0v) is 16.5. The number of guanidine groups is 1. The Bertz CT molecular complexity index is 702. The van der Waals surface area contributed by atoms with Crippen LogP contribution in [0.3, 0.4) is 0 Å². The van der Waals surface area contributed by atoms with Crippen LogP contribution in [0, 0.1) is 5.82 Å². The summed E-state index contributed by atoms with van der Waals surface area (Å²) >= 11 is 1.61. The third-order valence-electron chi connectivity index (χ3n) is 3.52. The Labute approximate surface area is 158 Å². The van der Waals surface area contributed by atoms with E-state index in [1.165, 1.54) is 12.1 Å². The summed E-state index contributed by atoms with van der Waals surface area (Å²) in [5.41, 5.74) is 0.949. The second-order valence-electron chi connectivity index (χ2n) is 5.91. The lowest BCUT2D eigenvalue weighted by Crippen LogP contribution is -2.40. The predicted molar refractivity (Wildman–Crippen MR) is 106 cm³/mol. The lowest BCUT2D eigenvalue weighted by Gasteiger charge is -2.22. The number of aliphatic imine (C=N–C) groups is 1. The molecule has 0 aliphatic heterocycles. The van der Waals surface area contributed by atoms with Gasteiger partial charge in [0.05, 0.1) is 18.8 Å². The van der Waals surface area contributed by atoms with Crippen molar-refractivity contribution < 1.29 is 9.13 Å². The van der Waals surface area contributed by atoms with Crippen LogP contribution in [0.2, 0.25) is 0 Å². The molecule has 0 bridgehead atoms. The molecule has 1 aromatic heterocycles. The summed E-state index contributed by atoms with van der Waals surface area (Å²) in [4.78, 5) is 13.2. The van der Waals surface area contributed by atoms with Crippen molar-refractivity contribution in [2.45, 2.75) is 13.5 Å². The zero-order chi connectivity index (χ0) is 18.9. The summed E-state index contributed by atoms with van der Waals surface area (Å²) in [6.07, 6.45) is 0. The summed E-state index contributed by atoms with van der Waals surface area (Å²) in [6.45, 7) is 4.47. The van der Waals surface area contributed by atoms with Crippen LogP contribution in [0.25, 0.3) is 0 Å². The van der Waals surface area contributed by atoms with Gasteiger partial charge in [0.15, 0.2) is 11.1 Å². The van der Waals surface area contributed by atoms with Crippen LogP contribution < -0.4 is 15.0 Å². The van der Waals surface area contributed by atoms with Crippen molar-refractivity contribution in [3.05, 3.63) is 41.2 Å². The average Bonchev–Trinajstić information content (AvgIpc) is 3.09. The van der Waals surface area contributed by atoms with Crippen molar-refractivity contribution in [3.63, 3.8) is 0 Å². The minimum atomic E-state index is -0.268. The first-order valence-corrected chi connectivity index (χ1v) is 9.37. The molecule has 0 unspecified atom stereocenters. The number of nitrogens with one attached hydrogen (secondary N) is 1. The monoisotopic (exact) mass is 379 g/mol. The molecule has 0 amide bonds. The topological polar surface area (TPSA) is 53.0 Å². The summed E-state index contributed by atoms with van der Waals surface area (Å²) in [5, 5.41) is 6.28. The molecule has 0 fully saturated rings. The lowest BCUT2D eigenvalue weighted by molar-refractivity contribution is 0.281. The van der Waals surface area contributed by atoms with Gasteiger partial charge in [-0.15, -0.1) is 11.3 Å². The number of anilines is 1. The van der Waals surface area contributed by atoms with E-state index in [0.29, 0.717) is 25.4 Å². The van der Waals surface area contributed by atoms with Gasteiger partial charge in [-0.25, -0.2) is 14.4 Å². The Morgan fingerprint density at radius 2 is 2.00 bits per heavy atom. The van der Waals surface area contributed by atoms with Crippen molar-refractivity contribution in [3.8, 4) is 5.75 Å². The average molecular weight is 380 g/mol. The number of likely N-dealkylation sites (N-methyl/N-ethyl adjacent to an activating group) is 1. The Morgan fingerprint density at radius 3 is 2.62 bits per heavy atom. The fourth-order valence-corrected chi connectivity index (χ4v) is 2.89. The minimum Gasteiger partial charge on any atom is -0.492 e. The maximum Gasteiger partial charge on any atom is 0.194 e. The number of rotatable bonds is 8. The molecule has 0 atom stereocenters. The van der Waals surface area contributed by atoms with Gasteiger partial charge in [0, 0.05) is 33.1 Å². The zero-order valence-electron chi connectivity index (χ0n) is 15.7. The van der Waals surface area contributed by atoms with E-state index in [1.54, 1.807) is 23.5 Å². The molecule has 0 saturated carbocycles. The predicted octanol–water partition coefficient (Wildman–Crippen LogP) is 2.82. The van der Waals surface area contributed by atoms with Crippen LogP contribution >= 0.6 is 11.3 Å².